The summed E-state index contributed by atoms with van der Waals surface area (Å²) in [5, 5.41) is 1.31. The molecule has 1 heterocycles. The number of benzene rings is 1. The molecule has 3 N–H and O–H groups in total. The Bertz CT molecular complexity index is 415. The quantitative estimate of drug-likeness (QED) is 0.718. The van der Waals surface area contributed by atoms with E-state index in [1.165, 1.54) is 22.0 Å². The van der Waals surface area contributed by atoms with E-state index >= 15 is 0 Å². The van der Waals surface area contributed by atoms with Crippen molar-refractivity contribution >= 4 is 10.9 Å². The first-order valence-corrected chi connectivity index (χ1v) is 4.58. The Kier molecular flexibility index (Phi) is 2.07. The van der Waals surface area contributed by atoms with Crippen molar-refractivity contribution in [3.63, 3.8) is 0 Å². The zero-order valence-corrected chi connectivity index (χ0v) is 7.80. The lowest BCUT2D eigenvalue weighted by Gasteiger charge is -1.98. The maximum absolute atomic E-state index is 5.51. The molecule has 0 radical (unpaired) electrons. The average Bonchev–Trinajstić information content (AvgIpc) is 2.49. The molecule has 0 saturated carbocycles. The summed E-state index contributed by atoms with van der Waals surface area (Å²) < 4.78 is 0. The van der Waals surface area contributed by atoms with Crippen LogP contribution < -0.4 is 5.73 Å². The Balaban J connectivity index is 2.53. The number of aromatic amines is 1. The third-order valence-electron chi connectivity index (χ3n) is 2.39. The predicted molar refractivity (Wildman–Crippen MR) is 55.8 cm³/mol. The SMILES string of the molecule is Cc1c[nH]c2ccc(CCN)cc12. The van der Waals surface area contributed by atoms with Crippen LogP contribution in [0, 0.1) is 6.92 Å². The van der Waals surface area contributed by atoms with E-state index in [4.69, 9.17) is 5.73 Å². The van der Waals surface area contributed by atoms with Crippen molar-refractivity contribution in [2.45, 2.75) is 13.3 Å². The first-order chi connectivity index (χ1) is 6.31. The van der Waals surface area contributed by atoms with Crippen LogP contribution in [0.4, 0.5) is 0 Å². The fraction of sp³-hybridized carbons (Fsp3) is 0.273. The van der Waals surface area contributed by atoms with Crippen LogP contribution in [0.5, 0.6) is 0 Å². The molecular formula is C11H14N2. The van der Waals surface area contributed by atoms with Gasteiger partial charge in [-0.05, 0) is 43.1 Å². The third-order valence-corrected chi connectivity index (χ3v) is 2.39. The van der Waals surface area contributed by atoms with Crippen LogP contribution in [0.25, 0.3) is 10.9 Å². The normalized spacial score (nSPS) is 10.9. The van der Waals surface area contributed by atoms with Crippen molar-refractivity contribution in [3.05, 3.63) is 35.5 Å². The molecule has 68 valence electrons. The van der Waals surface area contributed by atoms with E-state index in [1.54, 1.807) is 0 Å². The standard InChI is InChI=1S/C11H14N2/c1-8-7-13-11-3-2-9(4-5-12)6-10(8)11/h2-3,6-7,13H,4-5,12H2,1H3. The van der Waals surface area contributed by atoms with Crippen molar-refractivity contribution in [1.82, 2.24) is 4.98 Å². The van der Waals surface area contributed by atoms with Gasteiger partial charge in [0.05, 0.1) is 0 Å². The molecule has 2 rings (SSSR count). The third kappa shape index (κ3) is 1.45. The monoisotopic (exact) mass is 174 g/mol. The van der Waals surface area contributed by atoms with Crippen LogP contribution in [0.3, 0.4) is 0 Å². The molecule has 13 heavy (non-hydrogen) atoms. The molecule has 2 heteroatoms. The number of fused-ring (bicyclic) bond motifs is 1. The zero-order chi connectivity index (χ0) is 9.26. The summed E-state index contributed by atoms with van der Waals surface area (Å²) in [4.78, 5) is 3.23. The fourth-order valence-electron chi connectivity index (χ4n) is 1.63. The van der Waals surface area contributed by atoms with E-state index in [9.17, 15) is 0 Å². The van der Waals surface area contributed by atoms with Gasteiger partial charge in [0.25, 0.3) is 0 Å². The molecule has 2 nitrogen and oxygen atoms in total. The number of nitrogens with two attached hydrogens (primary N) is 1. The molecule has 2 aromatic rings. The average molecular weight is 174 g/mol. The minimum Gasteiger partial charge on any atom is -0.361 e. The molecular weight excluding hydrogens is 160 g/mol. The fourth-order valence-corrected chi connectivity index (χ4v) is 1.63. The van der Waals surface area contributed by atoms with Gasteiger partial charge in [-0.15, -0.1) is 0 Å². The second-order valence-corrected chi connectivity index (χ2v) is 3.39. The van der Waals surface area contributed by atoms with E-state index in [-0.39, 0.29) is 0 Å². The van der Waals surface area contributed by atoms with Crippen molar-refractivity contribution in [3.8, 4) is 0 Å². The Morgan fingerprint density at radius 3 is 3.00 bits per heavy atom. The van der Waals surface area contributed by atoms with E-state index in [0.717, 1.165) is 13.0 Å². The maximum atomic E-state index is 5.51. The molecule has 1 aromatic heterocycles. The van der Waals surface area contributed by atoms with Crippen LogP contribution >= 0.6 is 0 Å². The Morgan fingerprint density at radius 2 is 2.23 bits per heavy atom. The van der Waals surface area contributed by atoms with E-state index in [0.29, 0.717) is 0 Å². The summed E-state index contributed by atoms with van der Waals surface area (Å²) in [6.07, 6.45) is 3.00. The lowest BCUT2D eigenvalue weighted by Crippen LogP contribution is -2.02. The van der Waals surface area contributed by atoms with E-state index < -0.39 is 0 Å². The molecule has 0 unspecified atom stereocenters. The van der Waals surface area contributed by atoms with Gasteiger partial charge < -0.3 is 10.7 Å². The summed E-state index contributed by atoms with van der Waals surface area (Å²) in [6, 6.07) is 6.46. The van der Waals surface area contributed by atoms with Gasteiger partial charge in [0, 0.05) is 17.1 Å². The molecule has 0 bridgehead atoms. The van der Waals surface area contributed by atoms with E-state index in [1.807, 2.05) is 6.20 Å². The Morgan fingerprint density at radius 1 is 1.38 bits per heavy atom. The van der Waals surface area contributed by atoms with Gasteiger partial charge in [-0.2, -0.15) is 0 Å². The highest BCUT2D eigenvalue weighted by Gasteiger charge is 1.99. The van der Waals surface area contributed by atoms with Gasteiger partial charge in [-0.1, -0.05) is 6.07 Å². The molecule has 0 fully saturated rings. The second-order valence-electron chi connectivity index (χ2n) is 3.39. The van der Waals surface area contributed by atoms with Crippen LogP contribution in [0.15, 0.2) is 24.4 Å². The number of H-pyrrole nitrogens is 1. The highest BCUT2D eigenvalue weighted by atomic mass is 14.7. The summed E-state index contributed by atoms with van der Waals surface area (Å²) in [5.74, 6) is 0. The number of rotatable bonds is 2. The van der Waals surface area contributed by atoms with Crippen LogP contribution in [-0.2, 0) is 6.42 Å². The summed E-state index contributed by atoms with van der Waals surface area (Å²) in [5.41, 5.74) is 9.33. The molecule has 1 aromatic carbocycles. The molecule has 0 aliphatic rings. The van der Waals surface area contributed by atoms with Crippen molar-refractivity contribution in [2.24, 2.45) is 5.73 Å². The second kappa shape index (κ2) is 3.23. The van der Waals surface area contributed by atoms with Crippen molar-refractivity contribution in [2.75, 3.05) is 6.54 Å². The van der Waals surface area contributed by atoms with Crippen molar-refractivity contribution < 1.29 is 0 Å². The Labute approximate surface area is 77.8 Å². The van der Waals surface area contributed by atoms with Gasteiger partial charge in [0.15, 0.2) is 0 Å². The lowest BCUT2D eigenvalue weighted by molar-refractivity contribution is 0.971. The van der Waals surface area contributed by atoms with Gasteiger partial charge in [0.1, 0.15) is 0 Å². The van der Waals surface area contributed by atoms with E-state index in [2.05, 4.69) is 30.1 Å². The summed E-state index contributed by atoms with van der Waals surface area (Å²) in [7, 11) is 0. The zero-order valence-electron chi connectivity index (χ0n) is 7.80. The molecule has 0 atom stereocenters. The number of hydrogen-bond donors (Lipinski definition) is 2. The Hall–Kier alpha value is -1.28. The number of nitrogens with one attached hydrogen (secondary N) is 1. The van der Waals surface area contributed by atoms with Gasteiger partial charge >= 0.3 is 0 Å². The number of hydrogen-bond acceptors (Lipinski definition) is 1. The first-order valence-electron chi connectivity index (χ1n) is 4.58. The smallest absolute Gasteiger partial charge is 0.0456 e. The minimum atomic E-state index is 0.717. The molecule has 0 saturated heterocycles. The molecule has 0 aliphatic heterocycles. The lowest BCUT2D eigenvalue weighted by atomic mass is 10.1. The summed E-state index contributed by atoms with van der Waals surface area (Å²) >= 11 is 0. The van der Waals surface area contributed by atoms with Gasteiger partial charge in [-0.25, -0.2) is 0 Å². The topological polar surface area (TPSA) is 41.8 Å². The maximum Gasteiger partial charge on any atom is 0.0456 e. The number of aryl methyl sites for hydroxylation is 1. The minimum absolute atomic E-state index is 0.717. The molecule has 0 amide bonds. The molecule has 0 spiro atoms. The number of aromatic nitrogens is 1. The van der Waals surface area contributed by atoms with Gasteiger partial charge in [-0.3, -0.25) is 0 Å². The highest BCUT2D eigenvalue weighted by Crippen LogP contribution is 2.18. The summed E-state index contributed by atoms with van der Waals surface area (Å²) in [6.45, 7) is 2.83. The van der Waals surface area contributed by atoms with Crippen LogP contribution in [0.1, 0.15) is 11.1 Å². The van der Waals surface area contributed by atoms with Crippen LogP contribution in [0.2, 0.25) is 0 Å². The first kappa shape index (κ1) is 8.32. The predicted octanol–water partition coefficient (Wildman–Crippen LogP) is 1.98. The molecule has 0 aliphatic carbocycles. The highest BCUT2D eigenvalue weighted by molar-refractivity contribution is 5.83. The largest absolute Gasteiger partial charge is 0.361 e. The van der Waals surface area contributed by atoms with Gasteiger partial charge in [0.2, 0.25) is 0 Å². The van der Waals surface area contributed by atoms with Crippen molar-refractivity contribution in [1.29, 1.82) is 0 Å². The van der Waals surface area contributed by atoms with Crippen LogP contribution in [-0.4, -0.2) is 11.5 Å².